The van der Waals surface area contributed by atoms with Gasteiger partial charge in [0.15, 0.2) is 0 Å². The van der Waals surface area contributed by atoms with Crippen LogP contribution in [0.1, 0.15) is 37.0 Å². The maximum Gasteiger partial charge on any atom is 0.338 e. The summed E-state index contributed by atoms with van der Waals surface area (Å²) in [6.45, 7) is 3.49. The van der Waals surface area contributed by atoms with Crippen LogP contribution in [0.25, 0.3) is 0 Å². The average Bonchev–Trinajstić information content (AvgIpc) is 2.36. The molecule has 0 saturated heterocycles. The first-order chi connectivity index (χ1) is 9.38. The van der Waals surface area contributed by atoms with Crippen LogP contribution in [0.15, 0.2) is 24.3 Å². The van der Waals surface area contributed by atoms with E-state index in [2.05, 4.69) is 5.32 Å². The van der Waals surface area contributed by atoms with E-state index in [1.807, 2.05) is 0 Å². The molecule has 1 aromatic rings. The number of ether oxygens (including phenoxy) is 1. The van der Waals surface area contributed by atoms with E-state index in [0.717, 1.165) is 0 Å². The highest BCUT2D eigenvalue weighted by Gasteiger charge is 2.11. The number of carboxylic acid groups (broad SMARTS) is 1. The number of aliphatic carboxylic acids is 1. The lowest BCUT2D eigenvalue weighted by atomic mass is 10.2. The number of amides is 1. The highest BCUT2D eigenvalue weighted by Crippen LogP contribution is 2.13. The van der Waals surface area contributed by atoms with E-state index in [1.54, 1.807) is 32.0 Å². The Hall–Kier alpha value is -2.37. The maximum atomic E-state index is 11.7. The van der Waals surface area contributed by atoms with Gasteiger partial charge < -0.3 is 15.2 Å². The zero-order valence-electron chi connectivity index (χ0n) is 11.4. The van der Waals surface area contributed by atoms with Gasteiger partial charge in [-0.05, 0) is 32.0 Å². The summed E-state index contributed by atoms with van der Waals surface area (Å²) in [4.78, 5) is 33.5. The van der Waals surface area contributed by atoms with E-state index < -0.39 is 17.8 Å². The first-order valence-electron chi connectivity index (χ1n) is 6.21. The molecule has 1 rings (SSSR count). The normalized spacial score (nSPS) is 10.2. The maximum absolute atomic E-state index is 11.7. The van der Waals surface area contributed by atoms with Gasteiger partial charge in [0.1, 0.15) is 0 Å². The van der Waals surface area contributed by atoms with E-state index >= 15 is 0 Å². The molecule has 0 atom stereocenters. The van der Waals surface area contributed by atoms with Crippen LogP contribution >= 0.6 is 0 Å². The number of hydrogen-bond acceptors (Lipinski definition) is 4. The molecular formula is C14H17NO5. The molecule has 108 valence electrons. The molecule has 0 radical (unpaired) electrons. The monoisotopic (exact) mass is 279 g/mol. The minimum Gasteiger partial charge on any atom is -0.481 e. The van der Waals surface area contributed by atoms with Crippen molar-refractivity contribution >= 4 is 23.5 Å². The molecule has 6 nitrogen and oxygen atoms in total. The van der Waals surface area contributed by atoms with Crippen molar-refractivity contribution in [1.29, 1.82) is 0 Å². The summed E-state index contributed by atoms with van der Waals surface area (Å²) in [5, 5.41) is 11.0. The van der Waals surface area contributed by atoms with Gasteiger partial charge in [0.25, 0.3) is 0 Å². The number of carbonyl (C=O) groups is 3. The Kier molecular flexibility index (Phi) is 5.71. The number of carbonyl (C=O) groups excluding carboxylic acids is 2. The lowest BCUT2D eigenvalue weighted by molar-refractivity contribution is -0.138. The predicted molar refractivity (Wildman–Crippen MR) is 72.5 cm³/mol. The summed E-state index contributed by atoms with van der Waals surface area (Å²) in [7, 11) is 0. The molecule has 0 fully saturated rings. The van der Waals surface area contributed by atoms with Crippen LogP contribution < -0.4 is 5.32 Å². The van der Waals surface area contributed by atoms with Crippen molar-refractivity contribution in [2.45, 2.75) is 32.8 Å². The van der Waals surface area contributed by atoms with Crippen molar-refractivity contribution in [3.63, 3.8) is 0 Å². The molecular weight excluding hydrogens is 262 g/mol. The van der Waals surface area contributed by atoms with E-state index in [9.17, 15) is 14.4 Å². The molecule has 0 spiro atoms. The Morgan fingerprint density at radius 2 is 1.95 bits per heavy atom. The molecule has 20 heavy (non-hydrogen) atoms. The van der Waals surface area contributed by atoms with Gasteiger partial charge in [0.2, 0.25) is 5.91 Å². The van der Waals surface area contributed by atoms with Crippen LogP contribution in [0.4, 0.5) is 5.69 Å². The molecule has 0 heterocycles. The predicted octanol–water partition coefficient (Wildman–Crippen LogP) is 2.06. The van der Waals surface area contributed by atoms with Crippen molar-refractivity contribution in [3.8, 4) is 0 Å². The van der Waals surface area contributed by atoms with Gasteiger partial charge in [0, 0.05) is 12.1 Å². The highest BCUT2D eigenvalue weighted by atomic mass is 16.5. The Labute approximate surface area is 116 Å². The first kappa shape index (κ1) is 15.7. The van der Waals surface area contributed by atoms with E-state index in [0.29, 0.717) is 11.3 Å². The third-order valence-electron chi connectivity index (χ3n) is 2.29. The fraction of sp³-hybridized carbons (Fsp3) is 0.357. The third-order valence-corrected chi connectivity index (χ3v) is 2.29. The van der Waals surface area contributed by atoms with Crippen LogP contribution in [0.2, 0.25) is 0 Å². The first-order valence-corrected chi connectivity index (χ1v) is 6.21. The standard InChI is InChI=1S/C14H17NO5/c1-9(2)20-14(19)10-4-3-5-11(8-10)15-12(16)6-7-13(17)18/h3-5,8-9H,6-7H2,1-2H3,(H,15,16)(H,17,18). The van der Waals surface area contributed by atoms with E-state index in [1.165, 1.54) is 6.07 Å². The average molecular weight is 279 g/mol. The lowest BCUT2D eigenvalue weighted by Crippen LogP contribution is -2.15. The van der Waals surface area contributed by atoms with Gasteiger partial charge in [-0.1, -0.05) is 6.07 Å². The fourth-order valence-electron chi connectivity index (χ4n) is 1.45. The number of esters is 1. The van der Waals surface area contributed by atoms with Crippen molar-refractivity contribution in [2.75, 3.05) is 5.32 Å². The second-order valence-electron chi connectivity index (χ2n) is 4.48. The largest absolute Gasteiger partial charge is 0.481 e. The summed E-state index contributed by atoms with van der Waals surface area (Å²) < 4.78 is 5.05. The Bertz CT molecular complexity index is 510. The minimum absolute atomic E-state index is 0.115. The van der Waals surface area contributed by atoms with Crippen molar-refractivity contribution in [3.05, 3.63) is 29.8 Å². The molecule has 0 saturated carbocycles. The van der Waals surface area contributed by atoms with Gasteiger partial charge in [0.05, 0.1) is 18.1 Å². The number of carboxylic acids is 1. The number of anilines is 1. The van der Waals surface area contributed by atoms with Gasteiger partial charge in [-0.15, -0.1) is 0 Å². The Balaban J connectivity index is 2.66. The molecule has 0 aliphatic rings. The molecule has 0 aliphatic heterocycles. The molecule has 0 bridgehead atoms. The van der Waals surface area contributed by atoms with Crippen LogP contribution in [0.3, 0.4) is 0 Å². The zero-order valence-corrected chi connectivity index (χ0v) is 11.4. The molecule has 6 heteroatoms. The Morgan fingerprint density at radius 3 is 2.55 bits per heavy atom. The van der Waals surface area contributed by atoms with Crippen LogP contribution in [0, 0.1) is 0 Å². The smallest absolute Gasteiger partial charge is 0.338 e. The summed E-state index contributed by atoms with van der Waals surface area (Å²) >= 11 is 0. The summed E-state index contributed by atoms with van der Waals surface area (Å²) in [5.41, 5.74) is 0.758. The molecule has 1 aromatic carbocycles. The van der Waals surface area contributed by atoms with Crippen molar-refractivity contribution < 1.29 is 24.2 Å². The highest BCUT2D eigenvalue weighted by molar-refractivity contribution is 5.95. The SMILES string of the molecule is CC(C)OC(=O)c1cccc(NC(=O)CCC(=O)O)c1. The molecule has 1 amide bonds. The quantitative estimate of drug-likeness (QED) is 0.777. The molecule has 0 aliphatic carbocycles. The number of hydrogen-bond donors (Lipinski definition) is 2. The van der Waals surface area contributed by atoms with Crippen LogP contribution in [-0.2, 0) is 14.3 Å². The van der Waals surface area contributed by atoms with Gasteiger partial charge in [-0.3, -0.25) is 9.59 Å². The summed E-state index contributed by atoms with van der Waals surface area (Å²) in [6.07, 6.45) is -0.576. The number of benzene rings is 1. The molecule has 0 aromatic heterocycles. The van der Waals surface area contributed by atoms with Crippen LogP contribution in [-0.4, -0.2) is 29.1 Å². The topological polar surface area (TPSA) is 92.7 Å². The minimum atomic E-state index is -1.03. The fourth-order valence-corrected chi connectivity index (χ4v) is 1.45. The third kappa shape index (κ3) is 5.51. The van der Waals surface area contributed by atoms with Crippen LogP contribution in [0.5, 0.6) is 0 Å². The second-order valence-corrected chi connectivity index (χ2v) is 4.48. The summed E-state index contributed by atoms with van der Waals surface area (Å²) in [6, 6.07) is 6.30. The van der Waals surface area contributed by atoms with Crippen molar-refractivity contribution in [2.24, 2.45) is 0 Å². The number of nitrogens with one attached hydrogen (secondary N) is 1. The summed E-state index contributed by atoms with van der Waals surface area (Å²) in [5.74, 6) is -1.92. The molecule has 2 N–H and O–H groups in total. The van der Waals surface area contributed by atoms with E-state index in [4.69, 9.17) is 9.84 Å². The Morgan fingerprint density at radius 1 is 1.25 bits per heavy atom. The lowest BCUT2D eigenvalue weighted by Gasteiger charge is -2.09. The van der Waals surface area contributed by atoms with Crippen molar-refractivity contribution in [1.82, 2.24) is 0 Å². The van der Waals surface area contributed by atoms with Gasteiger partial charge in [-0.2, -0.15) is 0 Å². The van der Waals surface area contributed by atoms with Gasteiger partial charge >= 0.3 is 11.9 Å². The second kappa shape index (κ2) is 7.28. The zero-order chi connectivity index (χ0) is 15.1. The molecule has 0 unspecified atom stereocenters. The van der Waals surface area contributed by atoms with E-state index in [-0.39, 0.29) is 18.9 Å². The number of rotatable bonds is 6. The van der Waals surface area contributed by atoms with Gasteiger partial charge in [-0.25, -0.2) is 4.79 Å².